The lowest BCUT2D eigenvalue weighted by Gasteiger charge is -2.20. The first-order valence-electron chi connectivity index (χ1n) is 13.3. The predicted octanol–water partition coefficient (Wildman–Crippen LogP) is 2.98. The topological polar surface area (TPSA) is 162 Å². The van der Waals surface area contributed by atoms with Crippen LogP contribution >= 0.6 is 0 Å². The van der Waals surface area contributed by atoms with E-state index in [1.165, 1.54) is 0 Å². The Balaban J connectivity index is 1.67. The number of guanidine groups is 1. The Hall–Kier alpha value is -5.71. The van der Waals surface area contributed by atoms with Crippen molar-refractivity contribution in [3.63, 3.8) is 0 Å². The number of aromatic nitrogens is 2. The number of hydrogen-bond acceptors (Lipinski definition) is 6. The molecule has 2 aliphatic rings. The van der Waals surface area contributed by atoms with Crippen LogP contribution in [0.15, 0.2) is 89.9 Å². The lowest BCUT2D eigenvalue weighted by Crippen LogP contribution is -2.32. The molecule has 0 saturated carbocycles. The molecule has 0 spiro atoms. The van der Waals surface area contributed by atoms with E-state index in [1.807, 2.05) is 60.7 Å². The second kappa shape index (κ2) is 12.2. The molecule has 0 radical (unpaired) electrons. The zero-order valence-corrected chi connectivity index (χ0v) is 23.2. The lowest BCUT2D eigenvalue weighted by atomic mass is 10.1. The van der Waals surface area contributed by atoms with Crippen molar-refractivity contribution in [1.29, 1.82) is 5.41 Å². The summed E-state index contributed by atoms with van der Waals surface area (Å²) in [7, 11) is 3.20. The number of fused-ring (bicyclic) bond motifs is 2. The van der Waals surface area contributed by atoms with Crippen molar-refractivity contribution in [2.75, 3.05) is 32.5 Å². The second-order valence-corrected chi connectivity index (χ2v) is 9.42. The van der Waals surface area contributed by atoms with Gasteiger partial charge in [0, 0.05) is 43.1 Å². The monoisotopic (exact) mass is 561 g/mol. The minimum absolute atomic E-state index is 0.119. The molecule has 212 valence electrons. The van der Waals surface area contributed by atoms with E-state index in [1.54, 1.807) is 38.4 Å². The van der Waals surface area contributed by atoms with Crippen molar-refractivity contribution in [2.45, 2.75) is 0 Å². The molecule has 0 aromatic heterocycles. The number of rotatable bonds is 8. The first kappa shape index (κ1) is 27.8. The molecule has 5 rings (SSSR count). The van der Waals surface area contributed by atoms with Crippen LogP contribution in [0.1, 0.15) is 20.7 Å². The van der Waals surface area contributed by atoms with E-state index in [0.717, 1.165) is 39.5 Å². The molecular weight excluding hydrogens is 530 g/mol. The lowest BCUT2D eigenvalue weighted by molar-refractivity contribution is 0.0955. The fraction of sp³-hybridized carbons (Fsp3) is 0.129. The van der Waals surface area contributed by atoms with Gasteiger partial charge < -0.3 is 31.6 Å². The predicted molar refractivity (Wildman–Crippen MR) is 165 cm³/mol. The zero-order valence-electron chi connectivity index (χ0n) is 23.2. The summed E-state index contributed by atoms with van der Waals surface area (Å²) in [5, 5.41) is 19.6. The molecule has 3 aromatic carbocycles. The van der Waals surface area contributed by atoms with Gasteiger partial charge in [-0.25, -0.2) is 4.98 Å². The minimum atomic E-state index is -0.162. The van der Waals surface area contributed by atoms with Gasteiger partial charge in [0.15, 0.2) is 5.96 Å². The number of carbonyl (C=O) groups excluding carboxylic acids is 2. The number of hydrogen-bond donors (Lipinski definition) is 6. The molecule has 1 aliphatic carbocycles. The van der Waals surface area contributed by atoms with Crippen LogP contribution in [0.4, 0.5) is 11.4 Å². The molecule has 0 unspecified atom stereocenters. The van der Waals surface area contributed by atoms with Crippen LogP contribution in [0.25, 0.3) is 28.1 Å². The van der Waals surface area contributed by atoms with Gasteiger partial charge in [-0.2, -0.15) is 0 Å². The number of nitrogens with one attached hydrogen (secondary N) is 5. The Bertz CT molecular complexity index is 1810. The Morgan fingerprint density at radius 3 is 2.19 bits per heavy atom. The van der Waals surface area contributed by atoms with Crippen molar-refractivity contribution in [2.24, 2.45) is 10.7 Å². The first-order valence-corrected chi connectivity index (χ1v) is 13.3. The van der Waals surface area contributed by atoms with Crippen molar-refractivity contribution >= 4 is 40.2 Å². The summed E-state index contributed by atoms with van der Waals surface area (Å²) >= 11 is 0. The van der Waals surface area contributed by atoms with Crippen LogP contribution in [0.3, 0.4) is 0 Å². The van der Waals surface area contributed by atoms with Crippen LogP contribution in [0.2, 0.25) is 0 Å². The summed E-state index contributed by atoms with van der Waals surface area (Å²) in [6, 6.07) is 26.3. The van der Waals surface area contributed by atoms with E-state index in [2.05, 4.69) is 25.8 Å². The summed E-state index contributed by atoms with van der Waals surface area (Å²) in [6.07, 6.45) is 0. The third-order valence-corrected chi connectivity index (χ3v) is 6.67. The van der Waals surface area contributed by atoms with Gasteiger partial charge in [-0.05, 0) is 72.8 Å². The van der Waals surface area contributed by atoms with Crippen LogP contribution in [-0.2, 0) is 0 Å². The average Bonchev–Trinajstić information content (AvgIpc) is 3.01. The molecule has 0 saturated heterocycles. The van der Waals surface area contributed by atoms with Crippen LogP contribution < -0.4 is 32.4 Å². The Morgan fingerprint density at radius 1 is 0.905 bits per heavy atom. The third-order valence-electron chi connectivity index (χ3n) is 6.67. The largest absolute Gasteiger partial charge is 0.370 e. The normalized spacial score (nSPS) is 11.3. The van der Waals surface area contributed by atoms with E-state index in [4.69, 9.17) is 21.1 Å². The maximum atomic E-state index is 12.2. The summed E-state index contributed by atoms with van der Waals surface area (Å²) in [5.74, 6) is -0.438. The Kier molecular flexibility index (Phi) is 8.10. The molecule has 1 heterocycles. The van der Waals surface area contributed by atoms with Gasteiger partial charge in [0.05, 0.1) is 40.0 Å². The fourth-order valence-electron chi connectivity index (χ4n) is 4.63. The summed E-state index contributed by atoms with van der Waals surface area (Å²) < 4.78 is 2.10. The van der Waals surface area contributed by atoms with E-state index < -0.39 is 0 Å². The highest BCUT2D eigenvalue weighted by Gasteiger charge is 2.17. The van der Waals surface area contributed by atoms with Gasteiger partial charge in [0.1, 0.15) is 0 Å². The van der Waals surface area contributed by atoms with Gasteiger partial charge in [0.2, 0.25) is 0 Å². The molecule has 0 fully saturated rings. The van der Waals surface area contributed by atoms with Crippen molar-refractivity contribution in [3.8, 4) is 17.1 Å². The smallest absolute Gasteiger partial charge is 0.251 e. The van der Waals surface area contributed by atoms with E-state index in [0.29, 0.717) is 29.6 Å². The quantitative estimate of drug-likeness (QED) is 0.0739. The van der Waals surface area contributed by atoms with Gasteiger partial charge in [-0.1, -0.05) is 12.1 Å². The van der Waals surface area contributed by atoms with Gasteiger partial charge in [-0.15, -0.1) is 0 Å². The second-order valence-electron chi connectivity index (χ2n) is 9.42. The van der Waals surface area contributed by atoms with Crippen LogP contribution in [0.5, 0.6) is 0 Å². The Labute approximate surface area is 242 Å². The van der Waals surface area contributed by atoms with E-state index in [9.17, 15) is 9.59 Å². The molecule has 2 amide bonds. The number of nitrogens with two attached hydrogens (primary N) is 1. The van der Waals surface area contributed by atoms with Crippen LogP contribution in [0, 0.1) is 5.41 Å². The van der Waals surface area contributed by atoms with Crippen LogP contribution in [-0.4, -0.2) is 54.5 Å². The molecule has 42 heavy (non-hydrogen) atoms. The van der Waals surface area contributed by atoms with E-state index in [-0.39, 0.29) is 17.8 Å². The highest BCUT2D eigenvalue weighted by Crippen LogP contribution is 2.30. The molecule has 1 aliphatic heterocycles. The maximum Gasteiger partial charge on any atom is 0.251 e. The number of amides is 2. The van der Waals surface area contributed by atoms with Gasteiger partial charge in [0.25, 0.3) is 11.8 Å². The van der Waals surface area contributed by atoms with Crippen molar-refractivity contribution in [3.05, 3.63) is 101 Å². The number of anilines is 2. The van der Waals surface area contributed by atoms with Crippen molar-refractivity contribution < 1.29 is 9.59 Å². The fourth-order valence-corrected chi connectivity index (χ4v) is 4.63. The first-order chi connectivity index (χ1) is 20.4. The number of carbonyl (C=O) groups is 2. The highest BCUT2D eigenvalue weighted by molar-refractivity contribution is 5.95. The number of nitrogens with zero attached hydrogens (tertiary/aromatic N) is 3. The molecule has 7 N–H and O–H groups in total. The zero-order chi connectivity index (χ0) is 29.6. The average molecular weight is 562 g/mol. The maximum absolute atomic E-state index is 12.2. The SMILES string of the molecule is CNC(=O)c1ccc(Nc2cc3nc4ccccc4n(-c4ccc(C(=O)NC)cc4)c-3c/c2=N/CCNC(=N)N)cc1. The number of benzene rings is 4. The molecule has 3 aromatic rings. The third kappa shape index (κ3) is 5.89. The van der Waals surface area contributed by atoms with E-state index >= 15 is 0 Å². The molecular formula is C31H31N9O2. The molecule has 11 heteroatoms. The summed E-state index contributed by atoms with van der Waals surface area (Å²) in [5.41, 5.74) is 12.2. The molecule has 0 bridgehead atoms. The standard InChI is InChI=1S/C31H31N9O2/c1-34-29(41)19-7-11-21(12-8-19)38-25-17-26-28(18-24(25)36-15-16-37-31(32)33)40(27-6-4-3-5-23(27)39-26)22-13-9-20(10-14-22)30(42)35-2/h3-14,17-18,38H,15-16H2,1-2H3,(H,34,41)(H,35,42)(H4,32,33,37)/b36-24-. The highest BCUT2D eigenvalue weighted by atomic mass is 16.2. The number of para-hydroxylation sites is 2. The van der Waals surface area contributed by atoms with Gasteiger partial charge >= 0.3 is 0 Å². The molecule has 0 atom stereocenters. The molecule has 11 nitrogen and oxygen atoms in total. The summed E-state index contributed by atoms with van der Waals surface area (Å²) in [4.78, 5) is 33.9. The summed E-state index contributed by atoms with van der Waals surface area (Å²) in [6.45, 7) is 0.766. The van der Waals surface area contributed by atoms with Crippen molar-refractivity contribution in [1.82, 2.24) is 25.5 Å². The Morgan fingerprint density at radius 2 is 1.55 bits per heavy atom. The van der Waals surface area contributed by atoms with Gasteiger partial charge in [-0.3, -0.25) is 20.0 Å². The minimum Gasteiger partial charge on any atom is -0.370 e.